The van der Waals surface area contributed by atoms with Crippen molar-refractivity contribution < 1.29 is 4.79 Å². The van der Waals surface area contributed by atoms with Crippen LogP contribution in [0, 0.1) is 0 Å². The number of pyridine rings is 1. The second-order valence-corrected chi connectivity index (χ2v) is 3.98. The Hall–Kier alpha value is -2.11. The van der Waals surface area contributed by atoms with Gasteiger partial charge in [0.1, 0.15) is 0 Å². The van der Waals surface area contributed by atoms with Crippen LogP contribution in [0.15, 0.2) is 29.5 Å². The minimum Gasteiger partial charge on any atom is -0.369 e. The second-order valence-electron chi connectivity index (χ2n) is 3.98. The summed E-state index contributed by atoms with van der Waals surface area (Å²) in [5.41, 5.74) is 6.85. The summed E-state index contributed by atoms with van der Waals surface area (Å²) < 4.78 is 0. The number of hydrogen-bond acceptors (Lipinski definition) is 2. The van der Waals surface area contributed by atoms with Crippen LogP contribution in [-0.2, 0) is 6.42 Å². The van der Waals surface area contributed by atoms with Crippen molar-refractivity contribution >= 4 is 12.0 Å². The van der Waals surface area contributed by atoms with Gasteiger partial charge in [0.05, 0.1) is 0 Å². The van der Waals surface area contributed by atoms with Crippen LogP contribution in [0.25, 0.3) is 0 Å². The number of aromatic nitrogens is 1. The molecule has 1 aromatic heterocycles. The van der Waals surface area contributed by atoms with E-state index in [0.717, 1.165) is 25.1 Å². The van der Waals surface area contributed by atoms with Crippen LogP contribution < -0.4 is 11.1 Å². The molecule has 0 aliphatic rings. The smallest absolute Gasteiger partial charge is 0.344 e. The van der Waals surface area contributed by atoms with Crippen LogP contribution in [0.5, 0.6) is 0 Å². The lowest BCUT2D eigenvalue weighted by Gasteiger charge is -2.18. The SMILES string of the molecule is CCN(CC)C(N)=NC(=O)NCCc1ccncc1. The quantitative estimate of drug-likeness (QED) is 0.613. The number of nitrogens with zero attached hydrogens (tertiary/aromatic N) is 3. The average Bonchev–Trinajstić information content (AvgIpc) is 2.41. The Morgan fingerprint density at radius 2 is 2.00 bits per heavy atom. The van der Waals surface area contributed by atoms with Gasteiger partial charge in [0.25, 0.3) is 0 Å². The lowest BCUT2D eigenvalue weighted by Crippen LogP contribution is -2.38. The number of urea groups is 1. The molecule has 3 N–H and O–H groups in total. The molecule has 19 heavy (non-hydrogen) atoms. The van der Waals surface area contributed by atoms with E-state index in [1.165, 1.54) is 0 Å². The number of nitrogens with one attached hydrogen (secondary N) is 1. The number of carbonyl (C=O) groups excluding carboxylic acids is 1. The maximum atomic E-state index is 11.6. The van der Waals surface area contributed by atoms with Gasteiger partial charge in [0, 0.05) is 32.0 Å². The average molecular weight is 263 g/mol. The van der Waals surface area contributed by atoms with Crippen molar-refractivity contribution in [3.8, 4) is 0 Å². The van der Waals surface area contributed by atoms with Gasteiger partial charge in [-0.3, -0.25) is 4.98 Å². The predicted molar refractivity (Wildman–Crippen MR) is 75.9 cm³/mol. The molecule has 6 heteroatoms. The van der Waals surface area contributed by atoms with Crippen molar-refractivity contribution in [3.63, 3.8) is 0 Å². The molecule has 0 saturated heterocycles. The highest BCUT2D eigenvalue weighted by Gasteiger charge is 2.05. The molecule has 0 unspecified atom stereocenters. The highest BCUT2D eigenvalue weighted by atomic mass is 16.2. The number of aliphatic imine (C=N–C) groups is 1. The van der Waals surface area contributed by atoms with Crippen LogP contribution in [0.1, 0.15) is 19.4 Å². The molecule has 104 valence electrons. The molecule has 1 heterocycles. The Labute approximate surface area is 113 Å². The molecule has 0 saturated carbocycles. The number of rotatable bonds is 5. The first-order chi connectivity index (χ1) is 9.17. The molecule has 0 fully saturated rings. The van der Waals surface area contributed by atoms with Crippen molar-refractivity contribution in [2.75, 3.05) is 19.6 Å². The first-order valence-corrected chi connectivity index (χ1v) is 6.43. The standard InChI is InChI=1S/C13H21N5O/c1-3-18(4-2)12(14)17-13(19)16-10-7-11-5-8-15-9-6-11/h5-6,8-9H,3-4,7,10H2,1-2H3,(H3,14,16,17,19). The number of nitrogens with two attached hydrogens (primary N) is 1. The number of amides is 2. The summed E-state index contributed by atoms with van der Waals surface area (Å²) in [4.78, 5) is 21.1. The monoisotopic (exact) mass is 263 g/mol. The van der Waals surface area contributed by atoms with E-state index in [4.69, 9.17) is 5.73 Å². The van der Waals surface area contributed by atoms with E-state index >= 15 is 0 Å². The molecule has 0 aliphatic carbocycles. The Kier molecular flexibility index (Phi) is 6.35. The van der Waals surface area contributed by atoms with E-state index in [0.29, 0.717) is 6.54 Å². The highest BCUT2D eigenvalue weighted by Crippen LogP contribution is 1.96. The Morgan fingerprint density at radius 3 is 2.58 bits per heavy atom. The summed E-state index contributed by atoms with van der Waals surface area (Å²) in [6.45, 7) is 5.92. The zero-order chi connectivity index (χ0) is 14.1. The first-order valence-electron chi connectivity index (χ1n) is 6.43. The summed E-state index contributed by atoms with van der Waals surface area (Å²) in [6, 6.07) is 3.43. The minimum absolute atomic E-state index is 0.256. The maximum Gasteiger partial charge on any atom is 0.344 e. The number of carbonyl (C=O) groups is 1. The third-order valence-corrected chi connectivity index (χ3v) is 2.74. The van der Waals surface area contributed by atoms with Gasteiger partial charge >= 0.3 is 6.03 Å². The van der Waals surface area contributed by atoms with E-state index in [1.54, 1.807) is 12.4 Å². The van der Waals surface area contributed by atoms with Crippen LogP contribution >= 0.6 is 0 Å². The predicted octanol–water partition coefficient (Wildman–Crippen LogP) is 0.990. The third kappa shape index (κ3) is 5.37. The summed E-state index contributed by atoms with van der Waals surface area (Å²) in [5.74, 6) is 0.256. The van der Waals surface area contributed by atoms with Crippen molar-refractivity contribution in [3.05, 3.63) is 30.1 Å². The van der Waals surface area contributed by atoms with Crippen LogP contribution in [0.4, 0.5) is 4.79 Å². The van der Waals surface area contributed by atoms with Gasteiger partial charge in [-0.1, -0.05) is 0 Å². The zero-order valence-corrected chi connectivity index (χ0v) is 11.5. The Bertz CT molecular complexity index is 414. The van der Waals surface area contributed by atoms with Crippen molar-refractivity contribution in [2.24, 2.45) is 10.7 Å². The molecule has 0 atom stereocenters. The van der Waals surface area contributed by atoms with Crippen LogP contribution in [0.3, 0.4) is 0 Å². The van der Waals surface area contributed by atoms with Gasteiger partial charge in [-0.15, -0.1) is 0 Å². The molecule has 6 nitrogen and oxygen atoms in total. The minimum atomic E-state index is -0.404. The molecule has 0 spiro atoms. The van der Waals surface area contributed by atoms with E-state index in [9.17, 15) is 4.79 Å². The lowest BCUT2D eigenvalue weighted by molar-refractivity contribution is 0.249. The van der Waals surface area contributed by atoms with Crippen molar-refractivity contribution in [1.29, 1.82) is 0 Å². The molecule has 0 bridgehead atoms. The van der Waals surface area contributed by atoms with Gasteiger partial charge in [0.2, 0.25) is 5.96 Å². The Balaban J connectivity index is 2.37. The normalized spacial score (nSPS) is 11.2. The summed E-state index contributed by atoms with van der Waals surface area (Å²) in [7, 11) is 0. The molecule has 0 aliphatic heterocycles. The fourth-order valence-electron chi connectivity index (χ4n) is 1.63. The van der Waals surface area contributed by atoms with Gasteiger partial charge < -0.3 is 16.0 Å². The maximum absolute atomic E-state index is 11.6. The zero-order valence-electron chi connectivity index (χ0n) is 11.5. The highest BCUT2D eigenvalue weighted by molar-refractivity contribution is 5.91. The molecule has 0 aromatic carbocycles. The van der Waals surface area contributed by atoms with Crippen molar-refractivity contribution in [1.82, 2.24) is 15.2 Å². The number of guanidine groups is 1. The molecular formula is C13H21N5O. The molecule has 1 rings (SSSR count). The summed E-state index contributed by atoms with van der Waals surface area (Å²) >= 11 is 0. The first kappa shape index (κ1) is 14.9. The lowest BCUT2D eigenvalue weighted by atomic mass is 10.2. The van der Waals surface area contributed by atoms with Crippen molar-refractivity contribution in [2.45, 2.75) is 20.3 Å². The molecular weight excluding hydrogens is 242 g/mol. The van der Waals surface area contributed by atoms with Gasteiger partial charge in [-0.2, -0.15) is 4.99 Å². The third-order valence-electron chi connectivity index (χ3n) is 2.74. The largest absolute Gasteiger partial charge is 0.369 e. The van der Waals surface area contributed by atoms with Crippen LogP contribution in [-0.4, -0.2) is 41.5 Å². The summed E-state index contributed by atoms with van der Waals surface area (Å²) in [5, 5.41) is 2.71. The molecule has 0 radical (unpaired) electrons. The fraction of sp³-hybridized carbons (Fsp3) is 0.462. The topological polar surface area (TPSA) is 83.6 Å². The van der Waals surface area contributed by atoms with E-state index in [-0.39, 0.29) is 5.96 Å². The molecule has 2 amide bonds. The van der Waals surface area contributed by atoms with Gasteiger partial charge in [0.15, 0.2) is 0 Å². The van der Waals surface area contributed by atoms with Gasteiger partial charge in [-0.05, 0) is 38.0 Å². The second kappa shape index (κ2) is 8.07. The number of hydrogen-bond donors (Lipinski definition) is 2. The van der Waals surface area contributed by atoms with E-state index in [1.807, 2.05) is 30.9 Å². The molecule has 1 aromatic rings. The fourth-order valence-corrected chi connectivity index (χ4v) is 1.63. The Morgan fingerprint density at radius 1 is 1.37 bits per heavy atom. The van der Waals surface area contributed by atoms with E-state index < -0.39 is 6.03 Å². The van der Waals surface area contributed by atoms with E-state index in [2.05, 4.69) is 15.3 Å². The summed E-state index contributed by atoms with van der Waals surface area (Å²) in [6.07, 6.45) is 4.20. The van der Waals surface area contributed by atoms with Gasteiger partial charge in [-0.25, -0.2) is 4.79 Å². The van der Waals surface area contributed by atoms with Crippen LogP contribution in [0.2, 0.25) is 0 Å².